The van der Waals surface area contributed by atoms with Crippen molar-refractivity contribution in [2.45, 2.75) is 13.2 Å². The number of carbonyl (C=O) groups is 4. The van der Waals surface area contributed by atoms with E-state index in [4.69, 9.17) is 9.47 Å². The minimum absolute atomic E-state index is 0.0885. The van der Waals surface area contributed by atoms with Gasteiger partial charge in [-0.05, 0) is 58.7 Å². The normalized spacial score (nSPS) is 10.5. The summed E-state index contributed by atoms with van der Waals surface area (Å²) >= 11 is 0. The quantitative estimate of drug-likeness (QED) is 0.166. The molecule has 44 heavy (non-hydrogen) atoms. The Labute approximate surface area is 252 Å². The predicted molar refractivity (Wildman–Crippen MR) is 162 cm³/mol. The molecule has 0 spiro atoms. The van der Waals surface area contributed by atoms with Crippen LogP contribution in [-0.2, 0) is 22.7 Å². The van der Waals surface area contributed by atoms with Crippen LogP contribution in [0.25, 0.3) is 22.3 Å². The molecule has 5 rings (SSSR count). The Hall–Kier alpha value is -6.02. The van der Waals surface area contributed by atoms with Gasteiger partial charge in [-0.25, -0.2) is 19.2 Å². The molecule has 2 N–H and O–H groups in total. The first-order chi connectivity index (χ1) is 21.3. The van der Waals surface area contributed by atoms with E-state index in [0.717, 1.165) is 11.1 Å². The fourth-order valence-electron chi connectivity index (χ4n) is 4.72. The van der Waals surface area contributed by atoms with Crippen molar-refractivity contribution >= 4 is 23.9 Å². The Bertz CT molecular complexity index is 1680. The molecule has 0 unspecified atom stereocenters. The molecule has 0 amide bonds. The van der Waals surface area contributed by atoms with Crippen LogP contribution in [0.3, 0.4) is 0 Å². The number of aromatic carboxylic acids is 2. The molecule has 218 valence electrons. The number of ether oxygens (including phenoxy) is 2. The molecule has 8 nitrogen and oxygen atoms in total. The lowest BCUT2D eigenvalue weighted by atomic mass is 9.86. The van der Waals surface area contributed by atoms with Gasteiger partial charge in [-0.2, -0.15) is 0 Å². The van der Waals surface area contributed by atoms with Gasteiger partial charge >= 0.3 is 23.9 Å². The van der Waals surface area contributed by atoms with Crippen LogP contribution in [0, 0.1) is 0 Å². The van der Waals surface area contributed by atoms with Crippen molar-refractivity contribution in [2.24, 2.45) is 0 Å². The summed E-state index contributed by atoms with van der Waals surface area (Å²) < 4.78 is 10.8. The smallest absolute Gasteiger partial charge is 0.338 e. The molecule has 0 aliphatic rings. The van der Waals surface area contributed by atoms with Gasteiger partial charge in [0.05, 0.1) is 22.3 Å². The number of carbonyl (C=O) groups excluding carboxylic acids is 2. The molecule has 0 fully saturated rings. The van der Waals surface area contributed by atoms with Gasteiger partial charge in [0, 0.05) is 11.1 Å². The van der Waals surface area contributed by atoms with Crippen LogP contribution < -0.4 is 0 Å². The van der Waals surface area contributed by atoms with Crippen LogP contribution in [0.2, 0.25) is 0 Å². The van der Waals surface area contributed by atoms with E-state index in [2.05, 4.69) is 0 Å². The molecule has 0 saturated heterocycles. The average Bonchev–Trinajstić information content (AvgIpc) is 3.06. The van der Waals surface area contributed by atoms with E-state index in [0.29, 0.717) is 11.1 Å². The van der Waals surface area contributed by atoms with Gasteiger partial charge in [0.25, 0.3) is 0 Å². The third kappa shape index (κ3) is 6.71. The fraction of sp³-hybridized carbons (Fsp3) is 0.0556. The highest BCUT2D eigenvalue weighted by molar-refractivity contribution is 6.08. The van der Waals surface area contributed by atoms with Gasteiger partial charge in [-0.1, -0.05) is 84.9 Å². The third-order valence-corrected chi connectivity index (χ3v) is 6.91. The fourth-order valence-corrected chi connectivity index (χ4v) is 4.72. The van der Waals surface area contributed by atoms with Crippen LogP contribution >= 0.6 is 0 Å². The summed E-state index contributed by atoms with van der Waals surface area (Å²) in [5.74, 6) is -3.64. The van der Waals surface area contributed by atoms with E-state index in [1.807, 2.05) is 60.7 Å². The Morgan fingerprint density at radius 3 is 1.11 bits per heavy atom. The maximum absolute atomic E-state index is 12.7. The topological polar surface area (TPSA) is 127 Å². The van der Waals surface area contributed by atoms with Crippen molar-refractivity contribution in [2.75, 3.05) is 0 Å². The Balaban J connectivity index is 1.46. The molecule has 0 aliphatic heterocycles. The predicted octanol–water partition coefficient (Wildman–Crippen LogP) is 7.13. The average molecular weight is 587 g/mol. The Morgan fingerprint density at radius 2 is 0.795 bits per heavy atom. The number of carboxylic acid groups (broad SMARTS) is 2. The number of esters is 2. The summed E-state index contributed by atoms with van der Waals surface area (Å²) in [7, 11) is 0. The van der Waals surface area contributed by atoms with Crippen molar-refractivity contribution in [1.29, 1.82) is 0 Å². The summed E-state index contributed by atoms with van der Waals surface area (Å²) in [5, 5.41) is 20.1. The first-order valence-corrected chi connectivity index (χ1v) is 13.6. The maximum atomic E-state index is 12.7. The van der Waals surface area contributed by atoms with Gasteiger partial charge in [0.1, 0.15) is 13.2 Å². The molecular formula is C36H26O8. The van der Waals surface area contributed by atoms with Crippen molar-refractivity contribution in [3.63, 3.8) is 0 Å². The van der Waals surface area contributed by atoms with Crippen molar-refractivity contribution in [3.05, 3.63) is 155 Å². The van der Waals surface area contributed by atoms with E-state index >= 15 is 0 Å². The molecule has 0 aromatic heterocycles. The zero-order valence-electron chi connectivity index (χ0n) is 23.3. The summed E-state index contributed by atoms with van der Waals surface area (Å²) in [4.78, 5) is 49.9. The van der Waals surface area contributed by atoms with Crippen LogP contribution in [0.4, 0.5) is 0 Å². The summed E-state index contributed by atoms with van der Waals surface area (Å²) in [6, 6.07) is 33.1. The zero-order valence-corrected chi connectivity index (χ0v) is 23.3. The van der Waals surface area contributed by atoms with Crippen molar-refractivity contribution < 1.29 is 38.9 Å². The van der Waals surface area contributed by atoms with Gasteiger partial charge in [0.2, 0.25) is 0 Å². The number of hydrogen-bond acceptors (Lipinski definition) is 6. The first kappa shape index (κ1) is 29.5. The standard InChI is InChI=1S/C36H26O8/c37-33(38)29-19-20-30(34(39)40)32(26-13-17-28(18-14-26)36(42)44-22-24-9-5-2-6-10-24)31(29)25-11-15-27(16-12-25)35(41)43-21-23-7-3-1-4-8-23/h1-20H,21-22H2,(H,37,38)(H,39,40). The van der Waals surface area contributed by atoms with E-state index in [9.17, 15) is 29.4 Å². The van der Waals surface area contributed by atoms with Crippen molar-refractivity contribution in [3.8, 4) is 22.3 Å². The molecule has 0 heterocycles. The number of hydrogen-bond donors (Lipinski definition) is 2. The SMILES string of the molecule is O=C(OCc1ccccc1)c1ccc(-c2c(C(=O)O)ccc(C(=O)O)c2-c2ccc(C(=O)OCc3ccccc3)cc2)cc1. The van der Waals surface area contributed by atoms with Crippen LogP contribution in [0.5, 0.6) is 0 Å². The van der Waals surface area contributed by atoms with Crippen LogP contribution in [0.1, 0.15) is 52.6 Å². The lowest BCUT2D eigenvalue weighted by molar-refractivity contribution is 0.0464. The highest BCUT2D eigenvalue weighted by atomic mass is 16.5. The van der Waals surface area contributed by atoms with Gasteiger partial charge in [0.15, 0.2) is 0 Å². The second kappa shape index (κ2) is 13.3. The molecule has 0 atom stereocenters. The molecule has 0 radical (unpaired) electrons. The Morgan fingerprint density at radius 1 is 0.455 bits per heavy atom. The van der Waals surface area contributed by atoms with E-state index < -0.39 is 23.9 Å². The zero-order chi connectivity index (χ0) is 31.1. The maximum Gasteiger partial charge on any atom is 0.338 e. The Kier molecular flexibility index (Phi) is 8.91. The largest absolute Gasteiger partial charge is 0.478 e. The van der Waals surface area contributed by atoms with Crippen molar-refractivity contribution in [1.82, 2.24) is 0 Å². The van der Waals surface area contributed by atoms with E-state index in [-0.39, 0.29) is 46.6 Å². The lowest BCUT2D eigenvalue weighted by Gasteiger charge is -2.17. The monoisotopic (exact) mass is 586 g/mol. The third-order valence-electron chi connectivity index (χ3n) is 6.91. The van der Waals surface area contributed by atoms with Crippen LogP contribution in [0.15, 0.2) is 121 Å². The molecule has 0 saturated carbocycles. The summed E-state index contributed by atoms with van der Waals surface area (Å²) in [6.07, 6.45) is 0. The number of carboxylic acids is 2. The van der Waals surface area contributed by atoms with Crippen LogP contribution in [-0.4, -0.2) is 34.1 Å². The lowest BCUT2D eigenvalue weighted by Crippen LogP contribution is -2.08. The molecule has 5 aromatic carbocycles. The first-order valence-electron chi connectivity index (χ1n) is 13.6. The van der Waals surface area contributed by atoms with Gasteiger partial charge in [-0.3, -0.25) is 0 Å². The van der Waals surface area contributed by atoms with E-state index in [1.54, 1.807) is 24.3 Å². The molecule has 0 bridgehead atoms. The molecule has 0 aliphatic carbocycles. The summed E-state index contributed by atoms with van der Waals surface area (Å²) in [6.45, 7) is 0.177. The number of benzene rings is 5. The second-order valence-corrected chi connectivity index (χ2v) is 9.80. The highest BCUT2D eigenvalue weighted by Gasteiger charge is 2.24. The summed E-state index contributed by atoms with van der Waals surface area (Å²) in [5.41, 5.74) is 2.96. The van der Waals surface area contributed by atoms with Gasteiger partial charge < -0.3 is 19.7 Å². The minimum Gasteiger partial charge on any atom is -0.478 e. The van der Waals surface area contributed by atoms with Gasteiger partial charge in [-0.15, -0.1) is 0 Å². The molecule has 8 heteroatoms. The molecule has 5 aromatic rings. The van der Waals surface area contributed by atoms with E-state index in [1.165, 1.54) is 36.4 Å². The minimum atomic E-state index is -1.26. The second-order valence-electron chi connectivity index (χ2n) is 9.80. The highest BCUT2D eigenvalue weighted by Crippen LogP contribution is 2.38. The molecular weight excluding hydrogens is 560 g/mol. The number of rotatable bonds is 10.